The zero-order chi connectivity index (χ0) is 14.0. The molecule has 2 aromatic rings. The molecule has 102 valence electrons. The number of amides is 1. The number of nitrogens with one attached hydrogen (secondary N) is 1. The lowest BCUT2D eigenvalue weighted by Gasteiger charge is -2.13. The van der Waals surface area contributed by atoms with Crippen LogP contribution in [0, 0.1) is 6.92 Å². The van der Waals surface area contributed by atoms with Gasteiger partial charge in [-0.15, -0.1) is 11.3 Å². The summed E-state index contributed by atoms with van der Waals surface area (Å²) in [6.07, 6.45) is 1.51. The minimum Gasteiger partial charge on any atom is -0.396 e. The van der Waals surface area contributed by atoms with Gasteiger partial charge in [-0.3, -0.25) is 9.48 Å². The number of nitrogen functional groups attached to an aromatic ring is 1. The molecule has 1 atom stereocenters. The smallest absolute Gasteiger partial charge is 0.272 e. The summed E-state index contributed by atoms with van der Waals surface area (Å²) in [6.45, 7) is 6.56. The number of thiophene rings is 1. The molecule has 0 fully saturated rings. The van der Waals surface area contributed by atoms with Gasteiger partial charge in [0.1, 0.15) is 5.69 Å². The Morgan fingerprint density at radius 2 is 2.32 bits per heavy atom. The second kappa shape index (κ2) is 5.44. The Balaban J connectivity index is 2.14. The molecule has 0 aliphatic rings. The van der Waals surface area contributed by atoms with Gasteiger partial charge in [0.05, 0.1) is 17.9 Å². The molecule has 2 heterocycles. The molecule has 5 nitrogen and oxygen atoms in total. The Bertz CT molecular complexity index is 587. The molecular formula is C13H18N4OS. The number of anilines is 1. The molecule has 6 heteroatoms. The lowest BCUT2D eigenvalue weighted by atomic mass is 10.2. The summed E-state index contributed by atoms with van der Waals surface area (Å²) in [6, 6.07) is 4.05. The van der Waals surface area contributed by atoms with Crippen molar-refractivity contribution in [2.24, 2.45) is 0 Å². The minimum atomic E-state index is -0.185. The maximum absolute atomic E-state index is 12.2. The highest BCUT2D eigenvalue weighted by molar-refractivity contribution is 7.12. The van der Waals surface area contributed by atoms with E-state index < -0.39 is 0 Å². The van der Waals surface area contributed by atoms with Crippen molar-refractivity contribution in [3.63, 3.8) is 0 Å². The number of carbonyl (C=O) groups is 1. The first-order chi connectivity index (χ1) is 9.02. The van der Waals surface area contributed by atoms with Crippen LogP contribution in [0.5, 0.6) is 0 Å². The third-order valence-corrected chi connectivity index (χ3v) is 4.10. The molecule has 1 amide bonds. The van der Waals surface area contributed by atoms with Gasteiger partial charge in [-0.05, 0) is 32.9 Å². The van der Waals surface area contributed by atoms with Crippen LogP contribution in [0.15, 0.2) is 18.3 Å². The first-order valence-corrected chi connectivity index (χ1v) is 7.03. The third kappa shape index (κ3) is 2.78. The van der Waals surface area contributed by atoms with E-state index in [0.29, 0.717) is 17.9 Å². The van der Waals surface area contributed by atoms with Gasteiger partial charge in [0.25, 0.3) is 5.91 Å². The maximum Gasteiger partial charge on any atom is 0.272 e. The molecule has 0 radical (unpaired) electrons. The van der Waals surface area contributed by atoms with Gasteiger partial charge in [-0.25, -0.2) is 0 Å². The van der Waals surface area contributed by atoms with Crippen molar-refractivity contribution in [2.75, 3.05) is 5.73 Å². The van der Waals surface area contributed by atoms with Crippen molar-refractivity contribution in [3.05, 3.63) is 33.8 Å². The van der Waals surface area contributed by atoms with E-state index in [2.05, 4.69) is 10.4 Å². The summed E-state index contributed by atoms with van der Waals surface area (Å²) < 4.78 is 1.61. The highest BCUT2D eigenvalue weighted by Crippen LogP contribution is 2.23. The molecule has 2 rings (SSSR count). The minimum absolute atomic E-state index is 0.0363. The number of rotatable bonds is 4. The summed E-state index contributed by atoms with van der Waals surface area (Å²) in [5.74, 6) is -0.185. The highest BCUT2D eigenvalue weighted by atomic mass is 32.1. The van der Waals surface area contributed by atoms with Crippen molar-refractivity contribution in [1.82, 2.24) is 15.1 Å². The second-order valence-corrected chi connectivity index (χ2v) is 5.73. The van der Waals surface area contributed by atoms with Crippen molar-refractivity contribution in [1.29, 1.82) is 0 Å². The van der Waals surface area contributed by atoms with Crippen molar-refractivity contribution in [2.45, 2.75) is 33.4 Å². The van der Waals surface area contributed by atoms with E-state index in [-0.39, 0.29) is 11.9 Å². The van der Waals surface area contributed by atoms with Crippen LogP contribution in [0.3, 0.4) is 0 Å². The van der Waals surface area contributed by atoms with E-state index in [1.807, 2.05) is 32.9 Å². The molecule has 0 saturated carbocycles. The predicted molar refractivity (Wildman–Crippen MR) is 77.3 cm³/mol. The monoisotopic (exact) mass is 278 g/mol. The Hall–Kier alpha value is -1.82. The van der Waals surface area contributed by atoms with Gasteiger partial charge in [0, 0.05) is 16.3 Å². The molecule has 0 saturated heterocycles. The average Bonchev–Trinajstić information content (AvgIpc) is 2.95. The van der Waals surface area contributed by atoms with Gasteiger partial charge in [-0.2, -0.15) is 5.10 Å². The van der Waals surface area contributed by atoms with Crippen LogP contribution in [0.1, 0.15) is 40.1 Å². The predicted octanol–water partition coefficient (Wildman–Crippen LogP) is 2.35. The first-order valence-electron chi connectivity index (χ1n) is 6.21. The van der Waals surface area contributed by atoms with Crippen LogP contribution in [0.25, 0.3) is 0 Å². The third-order valence-electron chi connectivity index (χ3n) is 2.92. The Morgan fingerprint density at radius 1 is 1.58 bits per heavy atom. The van der Waals surface area contributed by atoms with Crippen molar-refractivity contribution >= 4 is 22.9 Å². The van der Waals surface area contributed by atoms with E-state index in [1.54, 1.807) is 16.0 Å². The SMILES string of the molecule is CCn1ncc(N)c1C(=O)NC(C)c1ccc(C)s1. The Labute approximate surface area is 116 Å². The van der Waals surface area contributed by atoms with E-state index in [1.165, 1.54) is 11.1 Å². The fourth-order valence-electron chi connectivity index (χ4n) is 1.91. The fraction of sp³-hybridized carbons (Fsp3) is 0.385. The van der Waals surface area contributed by atoms with Gasteiger partial charge in [0.2, 0.25) is 0 Å². The van der Waals surface area contributed by atoms with Crippen LogP contribution < -0.4 is 11.1 Å². The van der Waals surface area contributed by atoms with Crippen molar-refractivity contribution < 1.29 is 4.79 Å². The first kappa shape index (κ1) is 13.6. The zero-order valence-corrected chi connectivity index (χ0v) is 12.1. The standard InChI is InChI=1S/C13H18N4OS/c1-4-17-12(10(14)7-15-17)13(18)16-9(3)11-6-5-8(2)19-11/h5-7,9H,4,14H2,1-3H3,(H,16,18). The zero-order valence-electron chi connectivity index (χ0n) is 11.3. The fourth-order valence-corrected chi connectivity index (χ4v) is 2.79. The number of hydrogen-bond donors (Lipinski definition) is 2. The molecule has 0 aliphatic carbocycles. The van der Waals surface area contributed by atoms with Gasteiger partial charge in [-0.1, -0.05) is 0 Å². The second-order valence-electron chi connectivity index (χ2n) is 4.41. The Morgan fingerprint density at radius 3 is 2.89 bits per heavy atom. The number of hydrogen-bond acceptors (Lipinski definition) is 4. The summed E-state index contributed by atoms with van der Waals surface area (Å²) in [5, 5.41) is 7.03. The Kier molecular flexibility index (Phi) is 3.90. The number of aromatic nitrogens is 2. The van der Waals surface area contributed by atoms with E-state index in [4.69, 9.17) is 5.73 Å². The van der Waals surface area contributed by atoms with Gasteiger partial charge < -0.3 is 11.1 Å². The molecule has 3 N–H and O–H groups in total. The topological polar surface area (TPSA) is 72.9 Å². The maximum atomic E-state index is 12.2. The molecule has 1 unspecified atom stereocenters. The largest absolute Gasteiger partial charge is 0.396 e. The normalized spacial score (nSPS) is 12.4. The van der Waals surface area contributed by atoms with Gasteiger partial charge >= 0.3 is 0 Å². The number of carbonyl (C=O) groups excluding carboxylic acids is 1. The van der Waals surface area contributed by atoms with E-state index in [0.717, 1.165) is 4.88 Å². The lowest BCUT2D eigenvalue weighted by Crippen LogP contribution is -2.29. The lowest BCUT2D eigenvalue weighted by molar-refractivity contribution is 0.0930. The van der Waals surface area contributed by atoms with Gasteiger partial charge in [0.15, 0.2) is 0 Å². The number of nitrogens with two attached hydrogens (primary N) is 1. The number of aryl methyl sites for hydroxylation is 2. The van der Waals surface area contributed by atoms with Crippen molar-refractivity contribution in [3.8, 4) is 0 Å². The van der Waals surface area contributed by atoms with E-state index in [9.17, 15) is 4.79 Å². The van der Waals surface area contributed by atoms with Crippen LogP contribution in [-0.2, 0) is 6.54 Å². The highest BCUT2D eigenvalue weighted by Gasteiger charge is 2.19. The summed E-state index contributed by atoms with van der Waals surface area (Å²) in [7, 11) is 0. The van der Waals surface area contributed by atoms with Crippen LogP contribution >= 0.6 is 11.3 Å². The molecule has 0 spiro atoms. The molecular weight excluding hydrogens is 260 g/mol. The average molecular weight is 278 g/mol. The summed E-state index contributed by atoms with van der Waals surface area (Å²) in [5.41, 5.74) is 6.64. The quantitative estimate of drug-likeness (QED) is 0.901. The molecule has 0 aromatic carbocycles. The molecule has 19 heavy (non-hydrogen) atoms. The van der Waals surface area contributed by atoms with Crippen LogP contribution in [-0.4, -0.2) is 15.7 Å². The summed E-state index contributed by atoms with van der Waals surface area (Å²) >= 11 is 1.68. The van der Waals surface area contributed by atoms with E-state index >= 15 is 0 Å². The number of nitrogens with zero attached hydrogens (tertiary/aromatic N) is 2. The molecule has 2 aromatic heterocycles. The summed E-state index contributed by atoms with van der Waals surface area (Å²) in [4.78, 5) is 14.6. The van der Waals surface area contributed by atoms with Crippen LogP contribution in [0.2, 0.25) is 0 Å². The van der Waals surface area contributed by atoms with Crippen LogP contribution in [0.4, 0.5) is 5.69 Å². The molecule has 0 aliphatic heterocycles. The molecule has 0 bridgehead atoms.